The van der Waals surface area contributed by atoms with Gasteiger partial charge in [-0.15, -0.1) is 0 Å². The van der Waals surface area contributed by atoms with E-state index in [9.17, 15) is 18.0 Å². The summed E-state index contributed by atoms with van der Waals surface area (Å²) in [4.78, 5) is 25.0. The average molecular weight is 407 g/mol. The number of rotatable bonds is 4. The molecule has 1 aliphatic heterocycles. The maximum Gasteiger partial charge on any atom is 0.267 e. The molecule has 0 unspecified atom stereocenters. The first-order valence-electron chi connectivity index (χ1n) is 8.41. The van der Waals surface area contributed by atoms with Crippen molar-refractivity contribution in [2.75, 3.05) is 5.32 Å². The van der Waals surface area contributed by atoms with Crippen LogP contribution in [-0.4, -0.2) is 30.6 Å². The highest BCUT2D eigenvalue weighted by atomic mass is 35.5. The Morgan fingerprint density at radius 1 is 1.15 bits per heavy atom. The summed E-state index contributed by atoms with van der Waals surface area (Å²) in [5.74, 6) is -1.14. The number of halogens is 1. The number of nitrogens with one attached hydrogen (secondary N) is 1. The van der Waals surface area contributed by atoms with Crippen molar-refractivity contribution in [3.63, 3.8) is 0 Å². The number of nitrogens with zero attached hydrogens (tertiary/aromatic N) is 1. The normalized spacial score (nSPS) is 17.2. The highest BCUT2D eigenvalue weighted by molar-refractivity contribution is 7.89. The molecule has 1 atom stereocenters. The molecule has 0 saturated carbocycles. The van der Waals surface area contributed by atoms with Gasteiger partial charge in [-0.2, -0.15) is 0 Å². The van der Waals surface area contributed by atoms with E-state index in [0.29, 0.717) is 20.6 Å². The minimum absolute atomic E-state index is 0.00228. The van der Waals surface area contributed by atoms with Gasteiger partial charge in [0.1, 0.15) is 6.04 Å². The summed E-state index contributed by atoms with van der Waals surface area (Å²) in [5.41, 5.74) is 2.05. The smallest absolute Gasteiger partial charge is 0.267 e. The van der Waals surface area contributed by atoms with Gasteiger partial charge in [0.15, 0.2) is 0 Å². The van der Waals surface area contributed by atoms with Gasteiger partial charge in [0.2, 0.25) is 11.8 Å². The molecule has 1 N–H and O–H groups in total. The molecule has 6 nitrogen and oxygen atoms in total. The van der Waals surface area contributed by atoms with Crippen LogP contribution in [0.2, 0.25) is 5.02 Å². The van der Waals surface area contributed by atoms with Gasteiger partial charge >= 0.3 is 0 Å². The van der Waals surface area contributed by atoms with Crippen LogP contribution >= 0.6 is 11.6 Å². The lowest BCUT2D eigenvalue weighted by Gasteiger charge is -2.24. The second kappa shape index (κ2) is 7.32. The Labute approximate surface area is 163 Å². The summed E-state index contributed by atoms with van der Waals surface area (Å²) in [6, 6.07) is 10.1. The second-order valence-corrected chi connectivity index (χ2v) is 8.69. The molecular weight excluding hydrogens is 388 g/mol. The van der Waals surface area contributed by atoms with E-state index in [1.54, 1.807) is 37.3 Å². The quantitative estimate of drug-likeness (QED) is 0.844. The molecule has 0 aromatic heterocycles. The van der Waals surface area contributed by atoms with E-state index in [1.165, 1.54) is 12.1 Å². The highest BCUT2D eigenvalue weighted by Gasteiger charge is 2.44. The van der Waals surface area contributed by atoms with Crippen molar-refractivity contribution >= 4 is 39.1 Å². The number of carbonyl (C=O) groups is 2. The van der Waals surface area contributed by atoms with Crippen molar-refractivity contribution in [2.24, 2.45) is 0 Å². The maximum absolute atomic E-state index is 12.9. The first kappa shape index (κ1) is 19.4. The van der Waals surface area contributed by atoms with Crippen LogP contribution in [0, 0.1) is 13.8 Å². The zero-order valence-corrected chi connectivity index (χ0v) is 16.5. The fourth-order valence-electron chi connectivity index (χ4n) is 2.98. The molecule has 0 spiro atoms. The summed E-state index contributed by atoms with van der Waals surface area (Å²) in [6.07, 6.45) is 0.132. The number of sulfonamides is 1. The van der Waals surface area contributed by atoms with E-state index in [-0.39, 0.29) is 17.7 Å². The fraction of sp³-hybridized carbons (Fsp3) is 0.263. The standard InChI is InChI=1S/C19H19ClN2O4S/c1-12-6-8-14(9-7-12)27(25,26)22-17(10-11-18(22)23)19(24)21-16-5-3-4-15(20)13(16)2/h3-9,17H,10-11H2,1-2H3,(H,21,24)/t17-/m1/s1. The van der Waals surface area contributed by atoms with Gasteiger partial charge in [0.05, 0.1) is 4.90 Å². The Hall–Kier alpha value is -2.38. The fourth-order valence-corrected chi connectivity index (χ4v) is 4.76. The molecule has 0 radical (unpaired) electrons. The van der Waals surface area contributed by atoms with Gasteiger partial charge in [0.25, 0.3) is 10.0 Å². The first-order valence-corrected chi connectivity index (χ1v) is 10.2. The number of hydrogen-bond donors (Lipinski definition) is 1. The molecule has 1 fully saturated rings. The molecule has 2 amide bonds. The Morgan fingerprint density at radius 3 is 2.48 bits per heavy atom. The zero-order valence-electron chi connectivity index (χ0n) is 14.9. The monoisotopic (exact) mass is 406 g/mol. The molecule has 3 rings (SSSR count). The number of hydrogen-bond acceptors (Lipinski definition) is 4. The predicted octanol–water partition coefficient (Wildman–Crippen LogP) is 3.28. The molecular formula is C19H19ClN2O4S. The van der Waals surface area contributed by atoms with E-state index < -0.39 is 27.9 Å². The minimum atomic E-state index is -4.11. The van der Waals surface area contributed by atoms with Gasteiger partial charge in [-0.1, -0.05) is 35.4 Å². The molecule has 2 aromatic rings. The minimum Gasteiger partial charge on any atom is -0.324 e. The Kier molecular flexibility index (Phi) is 5.26. The van der Waals surface area contributed by atoms with Crippen LogP contribution in [0.1, 0.15) is 24.0 Å². The van der Waals surface area contributed by atoms with Crippen LogP contribution in [0.5, 0.6) is 0 Å². The summed E-state index contributed by atoms with van der Waals surface area (Å²) < 4.78 is 26.6. The summed E-state index contributed by atoms with van der Waals surface area (Å²) in [7, 11) is -4.11. The molecule has 0 aliphatic carbocycles. The van der Waals surface area contributed by atoms with Crippen molar-refractivity contribution in [2.45, 2.75) is 37.6 Å². The van der Waals surface area contributed by atoms with Crippen molar-refractivity contribution in [3.05, 3.63) is 58.6 Å². The number of anilines is 1. The van der Waals surface area contributed by atoms with Gasteiger partial charge in [0, 0.05) is 17.1 Å². The van der Waals surface area contributed by atoms with Crippen LogP contribution < -0.4 is 5.32 Å². The molecule has 1 aliphatic rings. The lowest BCUT2D eigenvalue weighted by Crippen LogP contribution is -2.45. The zero-order chi connectivity index (χ0) is 19.8. The predicted molar refractivity (Wildman–Crippen MR) is 103 cm³/mol. The summed E-state index contributed by atoms with van der Waals surface area (Å²) >= 11 is 6.06. The Morgan fingerprint density at radius 2 is 1.81 bits per heavy atom. The van der Waals surface area contributed by atoms with E-state index in [2.05, 4.69) is 5.32 Å². The molecule has 142 valence electrons. The maximum atomic E-state index is 12.9. The van der Waals surface area contributed by atoms with E-state index in [1.807, 2.05) is 6.92 Å². The molecule has 27 heavy (non-hydrogen) atoms. The van der Waals surface area contributed by atoms with Crippen LogP contribution in [0.3, 0.4) is 0 Å². The molecule has 0 bridgehead atoms. The number of aryl methyl sites for hydroxylation is 1. The molecule has 2 aromatic carbocycles. The van der Waals surface area contributed by atoms with Crippen LogP contribution in [0.15, 0.2) is 47.4 Å². The van der Waals surface area contributed by atoms with Gasteiger partial charge in [-0.25, -0.2) is 12.7 Å². The van der Waals surface area contributed by atoms with Crippen molar-refractivity contribution in [3.8, 4) is 0 Å². The van der Waals surface area contributed by atoms with Gasteiger partial charge in [-0.05, 0) is 50.1 Å². The van der Waals surface area contributed by atoms with E-state index >= 15 is 0 Å². The van der Waals surface area contributed by atoms with Crippen molar-refractivity contribution in [1.82, 2.24) is 4.31 Å². The third kappa shape index (κ3) is 3.70. The summed E-state index contributed by atoms with van der Waals surface area (Å²) in [6.45, 7) is 3.58. The number of amides is 2. The van der Waals surface area contributed by atoms with Crippen LogP contribution in [-0.2, 0) is 19.6 Å². The lowest BCUT2D eigenvalue weighted by molar-refractivity contribution is -0.128. The topological polar surface area (TPSA) is 83.6 Å². The van der Waals surface area contributed by atoms with E-state index in [4.69, 9.17) is 11.6 Å². The third-order valence-corrected chi connectivity index (χ3v) is 6.82. The molecule has 1 saturated heterocycles. The SMILES string of the molecule is Cc1ccc(S(=O)(=O)N2C(=O)CC[C@@H]2C(=O)Nc2cccc(Cl)c2C)cc1. The van der Waals surface area contributed by atoms with Crippen LogP contribution in [0.4, 0.5) is 5.69 Å². The molecule has 8 heteroatoms. The van der Waals surface area contributed by atoms with Crippen molar-refractivity contribution in [1.29, 1.82) is 0 Å². The largest absolute Gasteiger partial charge is 0.324 e. The Balaban J connectivity index is 1.91. The van der Waals surface area contributed by atoms with Gasteiger partial charge in [-0.3, -0.25) is 9.59 Å². The third-order valence-electron chi connectivity index (χ3n) is 4.57. The number of benzene rings is 2. The highest BCUT2D eigenvalue weighted by Crippen LogP contribution is 2.29. The first-order chi connectivity index (χ1) is 12.7. The van der Waals surface area contributed by atoms with E-state index in [0.717, 1.165) is 5.56 Å². The van der Waals surface area contributed by atoms with Crippen molar-refractivity contribution < 1.29 is 18.0 Å². The van der Waals surface area contributed by atoms with Gasteiger partial charge < -0.3 is 5.32 Å². The number of carbonyl (C=O) groups excluding carboxylic acids is 2. The average Bonchev–Trinajstić information content (AvgIpc) is 3.02. The summed E-state index contributed by atoms with van der Waals surface area (Å²) in [5, 5.41) is 3.18. The lowest BCUT2D eigenvalue weighted by atomic mass is 10.1. The Bertz CT molecular complexity index is 1000. The molecule has 1 heterocycles. The second-order valence-electron chi connectivity index (χ2n) is 6.46. The van der Waals surface area contributed by atoms with Crippen LogP contribution in [0.25, 0.3) is 0 Å².